The molecule has 1 saturated heterocycles. The Morgan fingerprint density at radius 1 is 1.11 bits per heavy atom. The summed E-state index contributed by atoms with van der Waals surface area (Å²) in [6.07, 6.45) is 3.41. The molecule has 1 atom stereocenters. The molecule has 1 aliphatic heterocycles. The van der Waals surface area contributed by atoms with E-state index in [1.807, 2.05) is 50.4 Å². The number of Topliss-reactive ketones (excluding diaryl/α,β-unsaturated/α-hetero) is 1. The second-order valence-electron chi connectivity index (χ2n) is 8.49. The van der Waals surface area contributed by atoms with Crippen LogP contribution in [0.25, 0.3) is 11.4 Å². The van der Waals surface area contributed by atoms with Gasteiger partial charge in [0, 0.05) is 17.8 Å². The van der Waals surface area contributed by atoms with Crippen molar-refractivity contribution in [2.75, 3.05) is 18.1 Å². The highest BCUT2D eigenvalue weighted by molar-refractivity contribution is 7.14. The number of aliphatic hydroxyl groups is 1. The number of imidazole rings is 1. The Labute approximate surface area is 217 Å². The summed E-state index contributed by atoms with van der Waals surface area (Å²) in [5.41, 5.74) is 2.98. The number of anilines is 1. The van der Waals surface area contributed by atoms with Crippen LogP contribution in [0.2, 0.25) is 0 Å². The van der Waals surface area contributed by atoms with E-state index in [9.17, 15) is 14.7 Å². The van der Waals surface area contributed by atoms with Gasteiger partial charge in [-0.1, -0.05) is 12.1 Å². The van der Waals surface area contributed by atoms with Gasteiger partial charge in [0.25, 0.3) is 5.78 Å². The number of aliphatic hydroxyl groups excluding tert-OH is 1. The van der Waals surface area contributed by atoms with Crippen LogP contribution in [0.5, 0.6) is 11.5 Å². The first-order valence-corrected chi connectivity index (χ1v) is 12.8. The van der Waals surface area contributed by atoms with Gasteiger partial charge in [0.15, 0.2) is 22.4 Å². The lowest BCUT2D eigenvalue weighted by Crippen LogP contribution is -2.29. The monoisotopic (exact) mass is 518 g/mol. The van der Waals surface area contributed by atoms with Gasteiger partial charge in [0.2, 0.25) is 0 Å². The van der Waals surface area contributed by atoms with Crippen LogP contribution < -0.4 is 14.4 Å². The van der Waals surface area contributed by atoms with Crippen LogP contribution >= 0.6 is 11.3 Å². The van der Waals surface area contributed by atoms with Crippen molar-refractivity contribution in [3.63, 3.8) is 0 Å². The highest BCUT2D eigenvalue weighted by Crippen LogP contribution is 2.44. The van der Waals surface area contributed by atoms with E-state index >= 15 is 0 Å². The SMILES string of the molecule is CCOc1ccc(C2/C(=C(\O)c3nc4c(C)cccn4c3C)C(=O)C(=O)N2c2nccs2)cc1OCC. The number of fused-ring (bicyclic) bond motifs is 1. The topological polar surface area (TPSA) is 106 Å². The molecule has 10 heteroatoms. The Balaban J connectivity index is 1.75. The highest BCUT2D eigenvalue weighted by Gasteiger charge is 2.48. The fourth-order valence-electron chi connectivity index (χ4n) is 4.59. The number of hydrogen-bond acceptors (Lipinski definition) is 8. The van der Waals surface area contributed by atoms with Gasteiger partial charge in [-0.25, -0.2) is 9.97 Å². The molecule has 1 aromatic carbocycles. The van der Waals surface area contributed by atoms with Gasteiger partial charge in [-0.2, -0.15) is 0 Å². The molecule has 0 aliphatic carbocycles. The number of aromatic nitrogens is 3. The van der Waals surface area contributed by atoms with E-state index in [2.05, 4.69) is 9.97 Å². The number of benzene rings is 1. The Bertz CT molecular complexity index is 1540. The van der Waals surface area contributed by atoms with E-state index in [1.165, 1.54) is 16.2 Å². The summed E-state index contributed by atoms with van der Waals surface area (Å²) in [4.78, 5) is 37.0. The van der Waals surface area contributed by atoms with Crippen LogP contribution in [0, 0.1) is 13.8 Å². The molecule has 0 bridgehead atoms. The maximum atomic E-state index is 13.5. The minimum Gasteiger partial charge on any atom is -0.505 e. The van der Waals surface area contributed by atoms with Crippen molar-refractivity contribution in [3.05, 3.63) is 76.2 Å². The number of pyridine rings is 1. The highest BCUT2D eigenvalue weighted by atomic mass is 32.1. The Morgan fingerprint density at radius 3 is 2.54 bits per heavy atom. The largest absolute Gasteiger partial charge is 0.505 e. The maximum absolute atomic E-state index is 13.5. The van der Waals surface area contributed by atoms with Crippen LogP contribution in [0.4, 0.5) is 5.13 Å². The zero-order valence-electron chi connectivity index (χ0n) is 20.9. The van der Waals surface area contributed by atoms with E-state index in [-0.39, 0.29) is 17.0 Å². The molecule has 9 nitrogen and oxygen atoms in total. The van der Waals surface area contributed by atoms with Crippen molar-refractivity contribution in [1.82, 2.24) is 14.4 Å². The minimum absolute atomic E-state index is 0.0593. The number of amides is 1. The number of ketones is 1. The van der Waals surface area contributed by atoms with Crippen molar-refractivity contribution >= 4 is 39.6 Å². The summed E-state index contributed by atoms with van der Waals surface area (Å²) in [6.45, 7) is 8.31. The third-order valence-corrected chi connectivity index (χ3v) is 7.03. The molecule has 37 heavy (non-hydrogen) atoms. The molecule has 5 rings (SSSR count). The first-order chi connectivity index (χ1) is 17.9. The van der Waals surface area contributed by atoms with Crippen LogP contribution in [0.15, 0.2) is 53.7 Å². The van der Waals surface area contributed by atoms with Crippen molar-refractivity contribution in [3.8, 4) is 11.5 Å². The second kappa shape index (κ2) is 9.70. The third-order valence-electron chi connectivity index (χ3n) is 6.26. The molecule has 1 fully saturated rings. The van der Waals surface area contributed by atoms with E-state index in [0.29, 0.717) is 46.7 Å². The van der Waals surface area contributed by atoms with E-state index in [4.69, 9.17) is 9.47 Å². The van der Waals surface area contributed by atoms with Gasteiger partial charge in [-0.05, 0) is 57.0 Å². The van der Waals surface area contributed by atoms with Crippen molar-refractivity contribution < 1.29 is 24.2 Å². The van der Waals surface area contributed by atoms with Gasteiger partial charge >= 0.3 is 5.91 Å². The molecule has 0 saturated carbocycles. The van der Waals surface area contributed by atoms with Gasteiger partial charge in [0.1, 0.15) is 11.3 Å². The standard InChI is InChI=1S/C27H26N4O5S/c1-5-35-18-10-9-17(14-19(18)36-6-2)22-20(24(33)26(34)31(22)27-28-11-13-37-27)23(32)21-16(4)30-12-7-8-15(3)25(30)29-21/h7-14,22,32H,5-6H2,1-4H3/b23-20+. The lowest BCUT2D eigenvalue weighted by Gasteiger charge is -2.24. The second-order valence-corrected chi connectivity index (χ2v) is 9.36. The fourth-order valence-corrected chi connectivity index (χ4v) is 5.26. The zero-order valence-corrected chi connectivity index (χ0v) is 21.7. The van der Waals surface area contributed by atoms with E-state index in [1.54, 1.807) is 29.8 Å². The number of rotatable bonds is 7. The lowest BCUT2D eigenvalue weighted by atomic mass is 9.96. The molecule has 0 radical (unpaired) electrons. The summed E-state index contributed by atoms with van der Waals surface area (Å²) >= 11 is 1.23. The van der Waals surface area contributed by atoms with E-state index in [0.717, 1.165) is 5.56 Å². The Kier molecular flexibility index (Phi) is 6.43. The van der Waals surface area contributed by atoms with Gasteiger partial charge < -0.3 is 19.0 Å². The molecule has 4 aromatic rings. The predicted octanol–water partition coefficient (Wildman–Crippen LogP) is 4.83. The van der Waals surface area contributed by atoms with Crippen LogP contribution in [0.1, 0.15) is 42.4 Å². The van der Waals surface area contributed by atoms with Gasteiger partial charge in [-0.15, -0.1) is 11.3 Å². The van der Waals surface area contributed by atoms with Crippen LogP contribution in [0.3, 0.4) is 0 Å². The molecule has 0 spiro atoms. The number of thiazole rings is 1. The lowest BCUT2D eigenvalue weighted by molar-refractivity contribution is -0.132. The minimum atomic E-state index is -0.939. The van der Waals surface area contributed by atoms with Gasteiger partial charge in [-0.3, -0.25) is 14.5 Å². The fraction of sp³-hybridized carbons (Fsp3) is 0.259. The molecule has 1 N–H and O–H groups in total. The summed E-state index contributed by atoms with van der Waals surface area (Å²) in [5.74, 6) is -0.893. The number of nitrogens with zero attached hydrogens (tertiary/aromatic N) is 4. The normalized spacial score (nSPS) is 17.1. The number of ether oxygens (including phenoxy) is 2. The summed E-state index contributed by atoms with van der Waals surface area (Å²) in [7, 11) is 0. The number of carbonyl (C=O) groups excluding carboxylic acids is 2. The Hall–Kier alpha value is -4.18. The number of carbonyl (C=O) groups is 2. The quantitative estimate of drug-likeness (QED) is 0.212. The smallest absolute Gasteiger partial charge is 0.301 e. The average molecular weight is 519 g/mol. The summed E-state index contributed by atoms with van der Waals surface area (Å²) in [6, 6.07) is 8.11. The van der Waals surface area contributed by atoms with Crippen molar-refractivity contribution in [2.24, 2.45) is 0 Å². The maximum Gasteiger partial charge on any atom is 0.301 e. The molecule has 190 valence electrons. The number of hydrogen-bond donors (Lipinski definition) is 1. The summed E-state index contributed by atoms with van der Waals surface area (Å²) < 4.78 is 13.3. The molecule has 1 aliphatic rings. The van der Waals surface area contributed by atoms with Gasteiger partial charge in [0.05, 0.1) is 30.5 Å². The molecule has 3 aromatic heterocycles. The van der Waals surface area contributed by atoms with Crippen molar-refractivity contribution in [2.45, 2.75) is 33.7 Å². The summed E-state index contributed by atoms with van der Waals surface area (Å²) in [5, 5.41) is 13.6. The first-order valence-electron chi connectivity index (χ1n) is 11.9. The molecular weight excluding hydrogens is 492 g/mol. The molecule has 4 heterocycles. The van der Waals surface area contributed by atoms with Crippen LogP contribution in [-0.4, -0.2) is 44.4 Å². The molecule has 1 unspecified atom stereocenters. The average Bonchev–Trinajstić information content (AvgIpc) is 3.59. The number of aryl methyl sites for hydroxylation is 2. The third kappa shape index (κ3) is 4.03. The van der Waals surface area contributed by atoms with Crippen molar-refractivity contribution in [1.29, 1.82) is 0 Å². The molecular formula is C27H26N4O5S. The predicted molar refractivity (Wildman–Crippen MR) is 140 cm³/mol. The zero-order chi connectivity index (χ0) is 26.3. The van der Waals surface area contributed by atoms with E-state index < -0.39 is 17.7 Å². The first kappa shape index (κ1) is 24.5. The molecule has 1 amide bonds. The Morgan fingerprint density at radius 2 is 1.86 bits per heavy atom. The van der Waals surface area contributed by atoms with Crippen LogP contribution in [-0.2, 0) is 9.59 Å².